The highest BCUT2D eigenvalue weighted by atomic mass is 16.5. The lowest BCUT2D eigenvalue weighted by molar-refractivity contribution is 0.102. The summed E-state index contributed by atoms with van der Waals surface area (Å²) in [4.78, 5) is 32.2. The zero-order valence-corrected chi connectivity index (χ0v) is 17.7. The standard InChI is InChI=1S/C22H21N5O5/c1-4-14-11-20(28)25-22(23-14)27-19(12-15(26-27)16-6-5-9-32-16)24-21(29)13-7-8-17(30-2)18(10-13)31-3/h5-12H,4H2,1-3H3,(H,24,29)(H,23,25,28). The van der Waals surface area contributed by atoms with Gasteiger partial charge in [-0.05, 0) is 36.8 Å². The van der Waals surface area contributed by atoms with Crippen LogP contribution in [-0.4, -0.2) is 39.9 Å². The van der Waals surface area contributed by atoms with Gasteiger partial charge in [-0.15, -0.1) is 0 Å². The van der Waals surface area contributed by atoms with Gasteiger partial charge in [0.05, 0.1) is 20.5 Å². The van der Waals surface area contributed by atoms with E-state index in [0.29, 0.717) is 46.4 Å². The van der Waals surface area contributed by atoms with Crippen LogP contribution < -0.4 is 20.3 Å². The van der Waals surface area contributed by atoms with Crippen molar-refractivity contribution in [3.05, 3.63) is 70.3 Å². The van der Waals surface area contributed by atoms with Crippen LogP contribution in [0.15, 0.2) is 57.9 Å². The molecule has 0 atom stereocenters. The molecule has 10 nitrogen and oxygen atoms in total. The van der Waals surface area contributed by atoms with E-state index in [1.807, 2.05) is 6.92 Å². The van der Waals surface area contributed by atoms with Crippen LogP contribution in [-0.2, 0) is 6.42 Å². The third kappa shape index (κ3) is 4.10. The lowest BCUT2D eigenvalue weighted by Gasteiger charge is -2.11. The summed E-state index contributed by atoms with van der Waals surface area (Å²) >= 11 is 0. The van der Waals surface area contributed by atoms with Crippen molar-refractivity contribution in [2.45, 2.75) is 13.3 Å². The molecule has 0 spiro atoms. The minimum Gasteiger partial charge on any atom is -0.493 e. The molecule has 0 aliphatic rings. The molecule has 2 N–H and O–H groups in total. The number of furan rings is 1. The van der Waals surface area contributed by atoms with E-state index in [1.54, 1.807) is 36.4 Å². The Labute approximate surface area is 182 Å². The molecule has 164 valence electrons. The van der Waals surface area contributed by atoms with Crippen molar-refractivity contribution in [2.75, 3.05) is 19.5 Å². The molecule has 0 unspecified atom stereocenters. The van der Waals surface area contributed by atoms with Crippen molar-refractivity contribution in [1.82, 2.24) is 19.7 Å². The molecule has 10 heteroatoms. The molecular formula is C22H21N5O5. The Morgan fingerprint density at radius 3 is 2.66 bits per heavy atom. The number of aryl methyl sites for hydroxylation is 1. The Morgan fingerprint density at radius 2 is 1.97 bits per heavy atom. The molecule has 4 aromatic rings. The monoisotopic (exact) mass is 435 g/mol. The summed E-state index contributed by atoms with van der Waals surface area (Å²) < 4.78 is 17.3. The van der Waals surface area contributed by atoms with Crippen LogP contribution in [0, 0.1) is 0 Å². The van der Waals surface area contributed by atoms with Gasteiger partial charge in [0.2, 0.25) is 5.95 Å². The van der Waals surface area contributed by atoms with Crippen LogP contribution in [0.3, 0.4) is 0 Å². The molecule has 0 aliphatic carbocycles. The maximum atomic E-state index is 13.0. The smallest absolute Gasteiger partial charge is 0.256 e. The van der Waals surface area contributed by atoms with Crippen LogP contribution in [0.4, 0.5) is 5.82 Å². The fourth-order valence-corrected chi connectivity index (χ4v) is 3.12. The number of ether oxygens (including phenoxy) is 2. The number of aromatic nitrogens is 4. The summed E-state index contributed by atoms with van der Waals surface area (Å²) in [6.07, 6.45) is 2.09. The summed E-state index contributed by atoms with van der Waals surface area (Å²) in [5.41, 5.74) is 1.08. The van der Waals surface area contributed by atoms with E-state index in [-0.39, 0.29) is 11.5 Å². The predicted molar refractivity (Wildman–Crippen MR) is 117 cm³/mol. The first-order valence-electron chi connectivity index (χ1n) is 9.80. The first kappa shape index (κ1) is 20.9. The van der Waals surface area contributed by atoms with Crippen molar-refractivity contribution in [3.63, 3.8) is 0 Å². The number of carbonyl (C=O) groups excluding carboxylic acids is 1. The van der Waals surface area contributed by atoms with Gasteiger partial charge in [0.1, 0.15) is 11.5 Å². The van der Waals surface area contributed by atoms with Gasteiger partial charge in [0, 0.05) is 23.4 Å². The maximum Gasteiger partial charge on any atom is 0.256 e. The minimum absolute atomic E-state index is 0.176. The van der Waals surface area contributed by atoms with Crippen LogP contribution in [0.1, 0.15) is 23.0 Å². The zero-order chi connectivity index (χ0) is 22.7. The van der Waals surface area contributed by atoms with E-state index >= 15 is 0 Å². The molecule has 0 radical (unpaired) electrons. The lowest BCUT2D eigenvalue weighted by atomic mass is 10.2. The van der Waals surface area contributed by atoms with E-state index in [0.717, 1.165) is 0 Å². The van der Waals surface area contributed by atoms with Crippen LogP contribution in [0.5, 0.6) is 11.5 Å². The number of hydrogen-bond acceptors (Lipinski definition) is 7. The highest BCUT2D eigenvalue weighted by molar-refractivity contribution is 6.04. The third-order valence-corrected chi connectivity index (χ3v) is 4.72. The van der Waals surface area contributed by atoms with Gasteiger partial charge < -0.3 is 19.2 Å². The van der Waals surface area contributed by atoms with Gasteiger partial charge in [0.15, 0.2) is 17.3 Å². The predicted octanol–water partition coefficient (Wildman–Crippen LogP) is 3.05. The second-order valence-corrected chi connectivity index (χ2v) is 6.74. The van der Waals surface area contributed by atoms with Gasteiger partial charge in [0.25, 0.3) is 11.5 Å². The second kappa shape index (κ2) is 8.80. The summed E-state index contributed by atoms with van der Waals surface area (Å²) in [6.45, 7) is 1.89. The molecule has 0 fully saturated rings. The number of aromatic amines is 1. The Morgan fingerprint density at radius 1 is 1.16 bits per heavy atom. The zero-order valence-electron chi connectivity index (χ0n) is 17.7. The molecular weight excluding hydrogens is 414 g/mol. The Kier molecular flexibility index (Phi) is 5.75. The number of benzene rings is 1. The second-order valence-electron chi connectivity index (χ2n) is 6.74. The SMILES string of the molecule is CCc1cc(=O)[nH]c(-n2nc(-c3ccco3)cc2NC(=O)c2ccc(OC)c(OC)c2)n1. The Hall–Kier alpha value is -4.34. The first-order chi connectivity index (χ1) is 15.5. The number of anilines is 1. The number of carbonyl (C=O) groups is 1. The molecule has 4 rings (SSSR count). The number of hydrogen-bond donors (Lipinski definition) is 2. The van der Waals surface area contributed by atoms with E-state index < -0.39 is 5.91 Å². The van der Waals surface area contributed by atoms with Gasteiger partial charge in [-0.1, -0.05) is 6.92 Å². The van der Waals surface area contributed by atoms with Crippen molar-refractivity contribution < 1.29 is 18.7 Å². The van der Waals surface area contributed by atoms with E-state index in [9.17, 15) is 9.59 Å². The average molecular weight is 435 g/mol. The number of rotatable bonds is 7. The topological polar surface area (TPSA) is 124 Å². The largest absolute Gasteiger partial charge is 0.493 e. The molecule has 0 saturated heterocycles. The quantitative estimate of drug-likeness (QED) is 0.457. The van der Waals surface area contributed by atoms with Crippen LogP contribution >= 0.6 is 0 Å². The highest BCUT2D eigenvalue weighted by Gasteiger charge is 2.19. The summed E-state index contributed by atoms with van der Waals surface area (Å²) in [5.74, 6) is 1.49. The molecule has 32 heavy (non-hydrogen) atoms. The summed E-state index contributed by atoms with van der Waals surface area (Å²) in [7, 11) is 3.01. The molecule has 0 bridgehead atoms. The average Bonchev–Trinajstić information content (AvgIpc) is 3.48. The van der Waals surface area contributed by atoms with Gasteiger partial charge in [-0.3, -0.25) is 14.6 Å². The number of nitrogens with one attached hydrogen (secondary N) is 2. The molecule has 3 aromatic heterocycles. The van der Waals surface area contributed by atoms with E-state index in [2.05, 4.69) is 20.4 Å². The molecule has 1 amide bonds. The third-order valence-electron chi connectivity index (χ3n) is 4.72. The summed E-state index contributed by atoms with van der Waals surface area (Å²) in [6, 6.07) is 11.4. The first-order valence-corrected chi connectivity index (χ1v) is 9.80. The number of amides is 1. The van der Waals surface area contributed by atoms with E-state index in [4.69, 9.17) is 13.9 Å². The highest BCUT2D eigenvalue weighted by Crippen LogP contribution is 2.29. The number of nitrogens with zero attached hydrogens (tertiary/aromatic N) is 3. The van der Waals surface area contributed by atoms with Crippen LogP contribution in [0.25, 0.3) is 17.4 Å². The lowest BCUT2D eigenvalue weighted by Crippen LogP contribution is -2.19. The minimum atomic E-state index is -0.410. The van der Waals surface area contributed by atoms with Gasteiger partial charge >= 0.3 is 0 Å². The fourth-order valence-electron chi connectivity index (χ4n) is 3.12. The van der Waals surface area contributed by atoms with Crippen molar-refractivity contribution in [1.29, 1.82) is 0 Å². The van der Waals surface area contributed by atoms with Crippen molar-refractivity contribution in [2.24, 2.45) is 0 Å². The molecule has 0 aliphatic heterocycles. The van der Waals surface area contributed by atoms with Crippen molar-refractivity contribution in [3.8, 4) is 28.9 Å². The molecule has 3 heterocycles. The fraction of sp³-hybridized carbons (Fsp3) is 0.182. The van der Waals surface area contributed by atoms with Crippen LogP contribution in [0.2, 0.25) is 0 Å². The van der Waals surface area contributed by atoms with E-state index in [1.165, 1.54) is 31.2 Å². The molecule has 1 aromatic carbocycles. The van der Waals surface area contributed by atoms with Gasteiger partial charge in [-0.25, -0.2) is 4.98 Å². The Bertz CT molecular complexity index is 1310. The molecule has 0 saturated carbocycles. The Balaban J connectivity index is 1.75. The summed E-state index contributed by atoms with van der Waals surface area (Å²) in [5, 5.41) is 7.29. The number of H-pyrrole nitrogens is 1. The van der Waals surface area contributed by atoms with Crippen molar-refractivity contribution >= 4 is 11.7 Å². The maximum absolute atomic E-state index is 13.0. The van der Waals surface area contributed by atoms with Gasteiger partial charge in [-0.2, -0.15) is 9.78 Å². The number of methoxy groups -OCH3 is 2. The normalized spacial score (nSPS) is 10.7.